The van der Waals surface area contributed by atoms with Gasteiger partial charge < -0.3 is 10.1 Å². The van der Waals surface area contributed by atoms with Gasteiger partial charge in [0.05, 0.1) is 0 Å². The Hall–Kier alpha value is -1.35. The first kappa shape index (κ1) is 14.7. The number of amides is 1. The van der Waals surface area contributed by atoms with Gasteiger partial charge in [-0.15, -0.1) is 0 Å². The lowest BCUT2D eigenvalue weighted by Gasteiger charge is -2.35. The van der Waals surface area contributed by atoms with Gasteiger partial charge in [-0.2, -0.15) is 0 Å². The third kappa shape index (κ3) is 3.57. The Bertz CT molecular complexity index is 373. The van der Waals surface area contributed by atoms with Crippen LogP contribution >= 0.6 is 0 Å². The summed E-state index contributed by atoms with van der Waals surface area (Å²) >= 11 is 0. The zero-order valence-corrected chi connectivity index (χ0v) is 11.7. The van der Waals surface area contributed by atoms with Crippen molar-refractivity contribution in [3.8, 4) is 0 Å². The number of rotatable bonds is 6. The zero-order valence-electron chi connectivity index (χ0n) is 11.7. The molecule has 0 radical (unpaired) electrons. The summed E-state index contributed by atoms with van der Waals surface area (Å²) in [5.41, 5.74) is 1.13. The lowest BCUT2D eigenvalue weighted by atomic mass is 9.76. The van der Waals surface area contributed by atoms with Gasteiger partial charge in [-0.1, -0.05) is 51.1 Å². The molecule has 1 rings (SSSR count). The third-order valence-electron chi connectivity index (χ3n) is 3.41. The van der Waals surface area contributed by atoms with Crippen molar-refractivity contribution in [1.29, 1.82) is 0 Å². The molecule has 0 aromatic heterocycles. The normalized spacial score (nSPS) is 13.1. The minimum absolute atomic E-state index is 0.0617. The van der Waals surface area contributed by atoms with Crippen LogP contribution in [-0.4, -0.2) is 25.7 Å². The molecule has 1 amide bonds. The maximum absolute atomic E-state index is 11.7. The monoisotopic (exact) mass is 249 g/mol. The van der Waals surface area contributed by atoms with Gasteiger partial charge in [-0.25, -0.2) is 0 Å². The van der Waals surface area contributed by atoms with Crippen LogP contribution in [0.3, 0.4) is 0 Å². The SMILES string of the molecule is CC[C@H](NC(=O)COC)C(C)(C)c1ccccc1. The first-order valence-corrected chi connectivity index (χ1v) is 6.36. The molecular formula is C15H23NO2. The molecule has 0 saturated carbocycles. The van der Waals surface area contributed by atoms with Crippen LogP contribution in [0.15, 0.2) is 30.3 Å². The number of hydrogen-bond acceptors (Lipinski definition) is 2. The second-order valence-corrected chi connectivity index (χ2v) is 5.05. The molecule has 100 valence electrons. The zero-order chi connectivity index (χ0) is 13.6. The van der Waals surface area contributed by atoms with E-state index in [1.165, 1.54) is 12.7 Å². The van der Waals surface area contributed by atoms with E-state index in [0.717, 1.165) is 6.42 Å². The molecular weight excluding hydrogens is 226 g/mol. The highest BCUT2D eigenvalue weighted by atomic mass is 16.5. The number of methoxy groups -OCH3 is 1. The molecule has 0 aliphatic carbocycles. The Labute approximate surface area is 110 Å². The summed E-state index contributed by atoms with van der Waals surface area (Å²) in [6.07, 6.45) is 0.886. The first-order chi connectivity index (χ1) is 8.52. The smallest absolute Gasteiger partial charge is 0.246 e. The Morgan fingerprint density at radius 1 is 1.33 bits per heavy atom. The van der Waals surface area contributed by atoms with E-state index in [1.807, 2.05) is 18.2 Å². The summed E-state index contributed by atoms with van der Waals surface area (Å²) < 4.78 is 4.86. The predicted octanol–water partition coefficient (Wildman–Crippen LogP) is 2.51. The van der Waals surface area contributed by atoms with Crippen molar-refractivity contribution in [3.05, 3.63) is 35.9 Å². The molecule has 0 spiro atoms. The number of nitrogens with one attached hydrogen (secondary N) is 1. The van der Waals surface area contributed by atoms with E-state index in [0.29, 0.717) is 0 Å². The second-order valence-electron chi connectivity index (χ2n) is 5.05. The van der Waals surface area contributed by atoms with Crippen molar-refractivity contribution in [2.24, 2.45) is 0 Å². The molecule has 0 saturated heterocycles. The summed E-state index contributed by atoms with van der Waals surface area (Å²) in [6, 6.07) is 10.4. The average molecular weight is 249 g/mol. The van der Waals surface area contributed by atoms with Gasteiger partial charge in [0.1, 0.15) is 6.61 Å². The van der Waals surface area contributed by atoms with Crippen molar-refractivity contribution in [2.75, 3.05) is 13.7 Å². The van der Waals surface area contributed by atoms with Crippen molar-refractivity contribution in [3.63, 3.8) is 0 Å². The standard InChI is InChI=1S/C15H23NO2/c1-5-13(16-14(17)11-18-4)15(2,3)12-9-7-6-8-10-12/h6-10,13H,5,11H2,1-4H3,(H,16,17)/t13-/m0/s1. The molecule has 0 fully saturated rings. The summed E-state index contributed by atoms with van der Waals surface area (Å²) in [4.78, 5) is 11.7. The fourth-order valence-corrected chi connectivity index (χ4v) is 2.23. The number of ether oxygens (including phenoxy) is 1. The molecule has 0 aliphatic rings. The maximum Gasteiger partial charge on any atom is 0.246 e. The van der Waals surface area contributed by atoms with Gasteiger partial charge in [0.25, 0.3) is 0 Å². The van der Waals surface area contributed by atoms with E-state index < -0.39 is 0 Å². The molecule has 1 N–H and O–H groups in total. The molecule has 1 aromatic rings. The molecule has 3 nitrogen and oxygen atoms in total. The topological polar surface area (TPSA) is 38.3 Å². The Morgan fingerprint density at radius 3 is 2.44 bits per heavy atom. The van der Waals surface area contributed by atoms with E-state index in [4.69, 9.17) is 4.74 Å². The molecule has 0 bridgehead atoms. The van der Waals surface area contributed by atoms with Gasteiger partial charge in [0.15, 0.2) is 0 Å². The first-order valence-electron chi connectivity index (χ1n) is 6.36. The molecule has 0 aliphatic heterocycles. The molecule has 0 heterocycles. The predicted molar refractivity (Wildman–Crippen MR) is 73.6 cm³/mol. The average Bonchev–Trinajstić information content (AvgIpc) is 2.37. The van der Waals surface area contributed by atoms with Gasteiger partial charge in [0.2, 0.25) is 5.91 Å². The maximum atomic E-state index is 11.7. The number of carbonyl (C=O) groups is 1. The van der Waals surface area contributed by atoms with Gasteiger partial charge in [-0.3, -0.25) is 4.79 Å². The molecule has 1 aromatic carbocycles. The highest BCUT2D eigenvalue weighted by Gasteiger charge is 2.30. The highest BCUT2D eigenvalue weighted by molar-refractivity contribution is 5.77. The van der Waals surface area contributed by atoms with E-state index in [9.17, 15) is 4.79 Å². The Kier molecular flexibility index (Phi) is 5.35. The highest BCUT2D eigenvalue weighted by Crippen LogP contribution is 2.28. The number of hydrogen-bond donors (Lipinski definition) is 1. The summed E-state index contributed by atoms with van der Waals surface area (Å²) in [5.74, 6) is -0.0617. The van der Waals surface area contributed by atoms with Crippen LogP contribution in [0.1, 0.15) is 32.8 Å². The number of carbonyl (C=O) groups excluding carboxylic acids is 1. The lowest BCUT2D eigenvalue weighted by molar-refractivity contribution is -0.125. The van der Waals surface area contributed by atoms with Crippen LogP contribution in [-0.2, 0) is 14.9 Å². The van der Waals surface area contributed by atoms with Crippen LogP contribution in [0, 0.1) is 0 Å². The van der Waals surface area contributed by atoms with Gasteiger partial charge in [-0.05, 0) is 12.0 Å². The van der Waals surface area contributed by atoms with Crippen molar-refractivity contribution >= 4 is 5.91 Å². The van der Waals surface area contributed by atoms with Crippen LogP contribution in [0.25, 0.3) is 0 Å². The van der Waals surface area contributed by atoms with Crippen molar-refractivity contribution in [2.45, 2.75) is 38.6 Å². The fourth-order valence-electron chi connectivity index (χ4n) is 2.23. The van der Waals surface area contributed by atoms with Crippen LogP contribution in [0.5, 0.6) is 0 Å². The quantitative estimate of drug-likeness (QED) is 0.841. The number of benzene rings is 1. The van der Waals surface area contributed by atoms with E-state index in [2.05, 4.69) is 38.2 Å². The van der Waals surface area contributed by atoms with Crippen molar-refractivity contribution in [1.82, 2.24) is 5.32 Å². The lowest BCUT2D eigenvalue weighted by Crippen LogP contribution is -2.48. The van der Waals surface area contributed by atoms with Crippen LogP contribution in [0.2, 0.25) is 0 Å². The molecule has 3 heteroatoms. The van der Waals surface area contributed by atoms with Gasteiger partial charge >= 0.3 is 0 Å². The Balaban J connectivity index is 2.83. The van der Waals surface area contributed by atoms with Crippen LogP contribution < -0.4 is 5.32 Å². The van der Waals surface area contributed by atoms with E-state index in [-0.39, 0.29) is 24.0 Å². The largest absolute Gasteiger partial charge is 0.375 e. The summed E-state index contributed by atoms with van der Waals surface area (Å²) in [6.45, 7) is 6.51. The summed E-state index contributed by atoms with van der Waals surface area (Å²) in [7, 11) is 1.53. The van der Waals surface area contributed by atoms with E-state index in [1.54, 1.807) is 0 Å². The van der Waals surface area contributed by atoms with Crippen LogP contribution in [0.4, 0.5) is 0 Å². The second kappa shape index (κ2) is 6.55. The molecule has 1 atom stereocenters. The summed E-state index contributed by atoms with van der Waals surface area (Å²) in [5, 5.41) is 3.04. The van der Waals surface area contributed by atoms with E-state index >= 15 is 0 Å². The minimum atomic E-state index is -0.0978. The minimum Gasteiger partial charge on any atom is -0.375 e. The fraction of sp³-hybridized carbons (Fsp3) is 0.533. The molecule has 18 heavy (non-hydrogen) atoms. The third-order valence-corrected chi connectivity index (χ3v) is 3.41. The van der Waals surface area contributed by atoms with Gasteiger partial charge in [0, 0.05) is 18.6 Å². The Morgan fingerprint density at radius 2 is 1.94 bits per heavy atom. The van der Waals surface area contributed by atoms with Crippen molar-refractivity contribution < 1.29 is 9.53 Å². The molecule has 0 unspecified atom stereocenters.